The largest absolute Gasteiger partial charge is 0.493 e. The van der Waals surface area contributed by atoms with Gasteiger partial charge in [-0.1, -0.05) is 55.6 Å². The molecule has 0 bridgehead atoms. The molecule has 0 amide bonds. The van der Waals surface area contributed by atoms with E-state index >= 15 is 0 Å². The topological polar surface area (TPSA) is 48.7 Å². The molecule has 1 aromatic heterocycles. The molecule has 0 saturated heterocycles. The molecule has 4 rings (SSSR count). The predicted molar refractivity (Wildman–Crippen MR) is 118 cm³/mol. The van der Waals surface area contributed by atoms with Gasteiger partial charge in [0.25, 0.3) is 0 Å². The molecule has 29 heavy (non-hydrogen) atoms. The number of aryl methyl sites for hydroxylation is 1. The van der Waals surface area contributed by atoms with Gasteiger partial charge in [0.2, 0.25) is 0 Å². The summed E-state index contributed by atoms with van der Waals surface area (Å²) in [6, 6.07) is 17.7. The van der Waals surface area contributed by atoms with E-state index in [1.165, 1.54) is 0 Å². The highest BCUT2D eigenvalue weighted by molar-refractivity contribution is 6.51. The lowest BCUT2D eigenvalue weighted by atomic mass is 9.73. The minimum absolute atomic E-state index is 0.342. The van der Waals surface area contributed by atoms with Gasteiger partial charge in [-0.05, 0) is 29.7 Å². The molecule has 5 heteroatoms. The van der Waals surface area contributed by atoms with Crippen molar-refractivity contribution >= 4 is 34.5 Å². The number of methoxy groups -OCH3 is 1. The Kier molecular flexibility index (Phi) is 5.30. The summed E-state index contributed by atoms with van der Waals surface area (Å²) in [4.78, 5) is 12.5. The predicted octanol–water partition coefficient (Wildman–Crippen LogP) is 4.47. The zero-order chi connectivity index (χ0) is 20.4. The third-order valence-electron chi connectivity index (χ3n) is 5.15. The van der Waals surface area contributed by atoms with E-state index in [1.807, 2.05) is 56.6 Å². The third kappa shape index (κ3) is 3.73. The summed E-state index contributed by atoms with van der Waals surface area (Å²) in [5.74, 6) is 1.14. The lowest BCUT2D eigenvalue weighted by Crippen LogP contribution is -2.11. The number of hydrogen-bond donors (Lipinski definition) is 0. The van der Waals surface area contributed by atoms with E-state index in [-0.39, 0.29) is 5.63 Å². The standard InChI is InChI=1S/C24H22BO4/c1-4-15-8-9-18-19-12-22(27-3)23(13-21(19)29-24(26)20(18)11-15)28-14-16-6-5-7-17(10-16)25-2/h5-13H,4,14H2,1-3H3. The highest BCUT2D eigenvalue weighted by atomic mass is 16.5. The van der Waals surface area contributed by atoms with E-state index < -0.39 is 0 Å². The summed E-state index contributed by atoms with van der Waals surface area (Å²) in [7, 11) is 3.65. The van der Waals surface area contributed by atoms with Crippen LogP contribution in [0.1, 0.15) is 18.1 Å². The van der Waals surface area contributed by atoms with Crippen LogP contribution < -0.4 is 20.6 Å². The smallest absolute Gasteiger partial charge is 0.344 e. The van der Waals surface area contributed by atoms with Crippen molar-refractivity contribution in [2.45, 2.75) is 26.8 Å². The maximum atomic E-state index is 12.5. The molecule has 1 heterocycles. The van der Waals surface area contributed by atoms with Gasteiger partial charge in [-0.15, -0.1) is 0 Å². The molecule has 0 aliphatic rings. The molecule has 4 aromatic rings. The van der Waals surface area contributed by atoms with Crippen molar-refractivity contribution in [3.8, 4) is 11.5 Å². The first-order chi connectivity index (χ1) is 14.1. The monoisotopic (exact) mass is 385 g/mol. The van der Waals surface area contributed by atoms with E-state index in [4.69, 9.17) is 13.9 Å². The van der Waals surface area contributed by atoms with Gasteiger partial charge < -0.3 is 13.9 Å². The summed E-state index contributed by atoms with van der Waals surface area (Å²) in [5, 5.41) is 2.26. The summed E-state index contributed by atoms with van der Waals surface area (Å²) >= 11 is 0. The minimum Gasteiger partial charge on any atom is -0.493 e. The van der Waals surface area contributed by atoms with Crippen LogP contribution in [0.15, 0.2) is 63.8 Å². The fourth-order valence-electron chi connectivity index (χ4n) is 3.50. The molecule has 0 N–H and O–H groups in total. The van der Waals surface area contributed by atoms with Crippen LogP contribution in [0.5, 0.6) is 11.5 Å². The lowest BCUT2D eigenvalue weighted by molar-refractivity contribution is 0.284. The van der Waals surface area contributed by atoms with Crippen LogP contribution in [0, 0.1) is 0 Å². The third-order valence-corrected chi connectivity index (χ3v) is 5.15. The van der Waals surface area contributed by atoms with Crippen LogP contribution in [0.25, 0.3) is 21.7 Å². The molecule has 0 saturated carbocycles. The van der Waals surface area contributed by atoms with E-state index in [9.17, 15) is 4.79 Å². The van der Waals surface area contributed by atoms with E-state index in [0.717, 1.165) is 33.8 Å². The average Bonchev–Trinajstić information content (AvgIpc) is 2.77. The second kappa shape index (κ2) is 8.04. The molecule has 0 atom stereocenters. The van der Waals surface area contributed by atoms with Gasteiger partial charge in [0.15, 0.2) is 11.5 Å². The SMILES string of the molecule is C[B]c1cccc(COc2cc3oc(=O)c4cc(CC)ccc4c3cc2OC)c1. The lowest BCUT2D eigenvalue weighted by Gasteiger charge is -2.13. The van der Waals surface area contributed by atoms with Gasteiger partial charge in [-0.2, -0.15) is 0 Å². The zero-order valence-corrected chi connectivity index (χ0v) is 16.8. The quantitative estimate of drug-likeness (QED) is 0.279. The van der Waals surface area contributed by atoms with Gasteiger partial charge in [-0.25, -0.2) is 4.79 Å². The molecule has 0 aliphatic carbocycles. The number of benzene rings is 3. The summed E-state index contributed by atoms with van der Waals surface area (Å²) < 4.78 is 17.2. The van der Waals surface area contributed by atoms with Crippen LogP contribution in [0.2, 0.25) is 6.82 Å². The summed E-state index contributed by atoms with van der Waals surface area (Å²) in [5.41, 5.74) is 3.43. The first-order valence-corrected chi connectivity index (χ1v) is 9.71. The Morgan fingerprint density at radius 1 is 0.931 bits per heavy atom. The van der Waals surface area contributed by atoms with E-state index in [0.29, 0.717) is 29.1 Å². The van der Waals surface area contributed by atoms with Crippen LogP contribution in [-0.2, 0) is 13.0 Å². The normalized spacial score (nSPS) is 11.0. The number of fused-ring (bicyclic) bond motifs is 3. The maximum Gasteiger partial charge on any atom is 0.344 e. The zero-order valence-electron chi connectivity index (χ0n) is 16.8. The molecule has 145 valence electrons. The molecule has 4 nitrogen and oxygen atoms in total. The van der Waals surface area contributed by atoms with Crippen molar-refractivity contribution in [2.75, 3.05) is 7.11 Å². The number of rotatable bonds is 6. The molecular weight excluding hydrogens is 363 g/mol. The maximum absolute atomic E-state index is 12.5. The van der Waals surface area contributed by atoms with Crippen LogP contribution >= 0.6 is 0 Å². The van der Waals surface area contributed by atoms with Gasteiger partial charge in [0, 0.05) is 16.8 Å². The summed E-state index contributed by atoms with van der Waals surface area (Å²) in [6.07, 6.45) is 0.862. The van der Waals surface area contributed by atoms with Gasteiger partial charge in [-0.3, -0.25) is 0 Å². The molecule has 1 radical (unpaired) electrons. The highest BCUT2D eigenvalue weighted by Gasteiger charge is 2.14. The van der Waals surface area contributed by atoms with Gasteiger partial charge in [0.1, 0.15) is 19.5 Å². The van der Waals surface area contributed by atoms with Crippen molar-refractivity contribution in [1.29, 1.82) is 0 Å². The fraction of sp³-hybridized carbons (Fsp3) is 0.208. The van der Waals surface area contributed by atoms with Crippen LogP contribution in [-0.4, -0.2) is 14.4 Å². The van der Waals surface area contributed by atoms with Crippen molar-refractivity contribution in [2.24, 2.45) is 0 Å². The molecule has 0 spiro atoms. The van der Waals surface area contributed by atoms with Gasteiger partial charge >= 0.3 is 5.63 Å². The second-order valence-electron chi connectivity index (χ2n) is 6.94. The fourth-order valence-corrected chi connectivity index (χ4v) is 3.50. The average molecular weight is 385 g/mol. The molecule has 0 fully saturated rings. The Morgan fingerprint density at radius 2 is 1.79 bits per heavy atom. The van der Waals surface area contributed by atoms with Crippen LogP contribution in [0.4, 0.5) is 0 Å². The Bertz CT molecular complexity index is 1240. The molecule has 0 aliphatic heterocycles. The summed E-state index contributed by atoms with van der Waals surface area (Å²) in [6.45, 7) is 4.45. The molecule has 0 unspecified atom stereocenters. The molecule has 3 aromatic carbocycles. The Balaban J connectivity index is 1.77. The van der Waals surface area contributed by atoms with E-state index in [2.05, 4.69) is 13.0 Å². The highest BCUT2D eigenvalue weighted by Crippen LogP contribution is 2.35. The van der Waals surface area contributed by atoms with Crippen molar-refractivity contribution in [3.63, 3.8) is 0 Å². The first-order valence-electron chi connectivity index (χ1n) is 9.71. The van der Waals surface area contributed by atoms with Crippen molar-refractivity contribution < 1.29 is 13.9 Å². The molecular formula is C24H22BO4. The Hall–Kier alpha value is -3.21. The number of hydrogen-bond acceptors (Lipinski definition) is 4. The Morgan fingerprint density at radius 3 is 2.55 bits per heavy atom. The van der Waals surface area contributed by atoms with Crippen molar-refractivity contribution in [1.82, 2.24) is 0 Å². The second-order valence-corrected chi connectivity index (χ2v) is 6.94. The van der Waals surface area contributed by atoms with Gasteiger partial charge in [0.05, 0.1) is 12.5 Å². The minimum atomic E-state index is -0.342. The number of ether oxygens (including phenoxy) is 2. The first kappa shape index (κ1) is 19.1. The van der Waals surface area contributed by atoms with Crippen LogP contribution in [0.3, 0.4) is 0 Å². The Labute approximate surface area is 170 Å². The van der Waals surface area contributed by atoms with E-state index in [1.54, 1.807) is 13.2 Å². The van der Waals surface area contributed by atoms with Crippen molar-refractivity contribution in [3.05, 3.63) is 76.1 Å².